The maximum absolute atomic E-state index is 7.24. The van der Waals surface area contributed by atoms with Crippen LogP contribution in [0.4, 0.5) is 0 Å². The van der Waals surface area contributed by atoms with Gasteiger partial charge in [-0.1, -0.05) is 99.4 Å². The van der Waals surface area contributed by atoms with Crippen LogP contribution in [0.25, 0.3) is 21.9 Å². The maximum atomic E-state index is 7.24. The molecule has 1 atom stereocenters. The lowest BCUT2D eigenvalue weighted by atomic mass is 9.72. The molecule has 1 unspecified atom stereocenters. The molecular formula is C34H41BO2. The molecule has 0 N–H and O–H groups in total. The maximum Gasteiger partial charge on any atom is 0.135 e. The van der Waals surface area contributed by atoms with E-state index in [0.29, 0.717) is 0 Å². The summed E-state index contributed by atoms with van der Waals surface area (Å²) in [5, 5.41) is 2.35. The Morgan fingerprint density at radius 3 is 2.16 bits per heavy atom. The second kappa shape index (κ2) is 11.1. The molecule has 5 rings (SSSR count). The molecule has 192 valence electrons. The number of rotatable bonds is 1. The van der Waals surface area contributed by atoms with Gasteiger partial charge in [-0.25, -0.2) is 0 Å². The molecule has 3 aromatic rings. The molecule has 3 heteroatoms. The van der Waals surface area contributed by atoms with Gasteiger partial charge in [0.05, 0.1) is 11.1 Å². The van der Waals surface area contributed by atoms with Gasteiger partial charge in [0, 0.05) is 10.9 Å². The van der Waals surface area contributed by atoms with Crippen LogP contribution >= 0.6 is 0 Å². The third kappa shape index (κ3) is 5.98. The second-order valence-electron chi connectivity index (χ2n) is 11.8. The highest BCUT2D eigenvalue weighted by Crippen LogP contribution is 2.48. The molecule has 2 heterocycles. The fourth-order valence-electron chi connectivity index (χ4n) is 6.12. The van der Waals surface area contributed by atoms with E-state index in [-0.39, 0.29) is 5.60 Å². The molecule has 3 aromatic carbocycles. The van der Waals surface area contributed by atoms with E-state index in [4.69, 9.17) is 17.3 Å². The fraction of sp³-hybridized carbons (Fsp3) is 0.471. The van der Waals surface area contributed by atoms with Crippen molar-refractivity contribution in [2.45, 2.75) is 103 Å². The van der Waals surface area contributed by atoms with Gasteiger partial charge in [0.1, 0.15) is 19.3 Å². The van der Waals surface area contributed by atoms with Crippen LogP contribution in [0.2, 0.25) is 0 Å². The normalized spacial score (nSPS) is 24.5. The van der Waals surface area contributed by atoms with Gasteiger partial charge in [0.15, 0.2) is 0 Å². The molecule has 2 nitrogen and oxygen atoms in total. The summed E-state index contributed by atoms with van der Waals surface area (Å²) in [5.74, 6) is 1.78. The van der Waals surface area contributed by atoms with Crippen LogP contribution in [-0.2, 0) is 10.2 Å². The predicted molar refractivity (Wildman–Crippen MR) is 157 cm³/mol. The number of fused-ring (bicyclic) bond motifs is 2. The first-order valence-electron chi connectivity index (χ1n) is 14.4. The van der Waals surface area contributed by atoms with Gasteiger partial charge in [-0.05, 0) is 74.7 Å². The lowest BCUT2D eigenvalue weighted by Gasteiger charge is -2.39. The van der Waals surface area contributed by atoms with E-state index in [1.807, 2.05) is 6.07 Å². The van der Waals surface area contributed by atoms with Crippen LogP contribution in [0.15, 0.2) is 66.2 Å². The lowest BCUT2D eigenvalue weighted by molar-refractivity contribution is -0.0826. The van der Waals surface area contributed by atoms with Gasteiger partial charge in [-0.15, -0.1) is 0 Å². The Kier molecular flexibility index (Phi) is 7.81. The summed E-state index contributed by atoms with van der Waals surface area (Å²) in [4.78, 5) is 0. The van der Waals surface area contributed by atoms with E-state index in [0.717, 1.165) is 40.9 Å². The zero-order valence-electron chi connectivity index (χ0n) is 22.9. The zero-order chi connectivity index (χ0) is 25.9. The molecule has 2 aliphatic rings. The summed E-state index contributed by atoms with van der Waals surface area (Å²) < 4.78 is 13.2. The molecule has 0 saturated heterocycles. The first-order valence-corrected chi connectivity index (χ1v) is 14.4. The third-order valence-electron chi connectivity index (χ3n) is 8.06. The molecule has 0 aromatic heterocycles. The van der Waals surface area contributed by atoms with Gasteiger partial charge >= 0.3 is 0 Å². The van der Waals surface area contributed by atoms with Crippen LogP contribution in [0.3, 0.4) is 0 Å². The summed E-state index contributed by atoms with van der Waals surface area (Å²) in [6.45, 7) is 6.60. The summed E-state index contributed by atoms with van der Waals surface area (Å²) in [5.41, 5.74) is 3.19. The van der Waals surface area contributed by atoms with Crippen molar-refractivity contribution in [2.75, 3.05) is 0 Å². The van der Waals surface area contributed by atoms with E-state index in [1.54, 1.807) is 0 Å². The van der Waals surface area contributed by atoms with Gasteiger partial charge in [0.25, 0.3) is 0 Å². The zero-order valence-corrected chi connectivity index (χ0v) is 22.9. The summed E-state index contributed by atoms with van der Waals surface area (Å²) in [6, 6.07) is 19.0. The molecule has 0 saturated carbocycles. The van der Waals surface area contributed by atoms with Crippen LogP contribution in [0, 0.1) is 0 Å². The Bertz CT molecular complexity index is 1270. The minimum atomic E-state index is -1.01. The summed E-state index contributed by atoms with van der Waals surface area (Å²) in [7, 11) is 7.24. The van der Waals surface area contributed by atoms with Crippen molar-refractivity contribution in [3.8, 4) is 22.6 Å². The number of hydrogen-bond acceptors (Lipinski definition) is 2. The molecular weight excluding hydrogens is 451 g/mol. The molecule has 0 fully saturated rings. The first kappa shape index (κ1) is 26.1. The van der Waals surface area contributed by atoms with Gasteiger partial charge < -0.3 is 9.47 Å². The fourth-order valence-corrected chi connectivity index (χ4v) is 6.12. The SMILES string of the molecule is [B]C1(c2ccc3c(c2)-c2cccc4cccc(c24)O3)/C=C(/C)CCCCCCCCCCCC(C)(C)O1. The van der Waals surface area contributed by atoms with Crippen molar-refractivity contribution in [1.82, 2.24) is 0 Å². The average molecular weight is 493 g/mol. The molecule has 0 amide bonds. The van der Waals surface area contributed by atoms with E-state index in [2.05, 4.69) is 75.4 Å². The van der Waals surface area contributed by atoms with E-state index < -0.39 is 5.50 Å². The van der Waals surface area contributed by atoms with Crippen LogP contribution in [0.1, 0.15) is 97.0 Å². The highest BCUT2D eigenvalue weighted by Gasteiger charge is 2.34. The predicted octanol–water partition coefficient (Wildman–Crippen LogP) is 9.98. The van der Waals surface area contributed by atoms with E-state index in [1.165, 1.54) is 74.3 Å². The first-order chi connectivity index (χ1) is 17.8. The number of allylic oxidation sites excluding steroid dienone is 1. The van der Waals surface area contributed by atoms with Crippen molar-refractivity contribution in [2.24, 2.45) is 0 Å². The molecule has 0 aliphatic carbocycles. The molecule has 37 heavy (non-hydrogen) atoms. The minimum absolute atomic E-state index is 0.332. The van der Waals surface area contributed by atoms with Crippen molar-refractivity contribution in [3.05, 3.63) is 71.8 Å². The average Bonchev–Trinajstić information content (AvgIpc) is 2.86. The van der Waals surface area contributed by atoms with E-state index in [9.17, 15) is 0 Å². The van der Waals surface area contributed by atoms with Crippen molar-refractivity contribution >= 4 is 18.6 Å². The van der Waals surface area contributed by atoms with Gasteiger partial charge in [0.2, 0.25) is 0 Å². The number of benzene rings is 3. The van der Waals surface area contributed by atoms with Gasteiger partial charge in [-0.3, -0.25) is 0 Å². The van der Waals surface area contributed by atoms with E-state index >= 15 is 0 Å². The highest BCUT2D eigenvalue weighted by atomic mass is 16.5. The molecule has 2 aliphatic heterocycles. The Hall–Kier alpha value is -2.52. The van der Waals surface area contributed by atoms with Crippen LogP contribution in [0.5, 0.6) is 11.5 Å². The van der Waals surface area contributed by atoms with Crippen molar-refractivity contribution in [3.63, 3.8) is 0 Å². The van der Waals surface area contributed by atoms with Crippen molar-refractivity contribution < 1.29 is 9.47 Å². The van der Waals surface area contributed by atoms with Gasteiger partial charge in [-0.2, -0.15) is 0 Å². The summed E-state index contributed by atoms with van der Waals surface area (Å²) >= 11 is 0. The third-order valence-corrected chi connectivity index (χ3v) is 8.06. The Morgan fingerprint density at radius 1 is 0.730 bits per heavy atom. The second-order valence-corrected chi connectivity index (χ2v) is 11.8. The Labute approximate surface area is 224 Å². The van der Waals surface area contributed by atoms with Crippen LogP contribution < -0.4 is 4.74 Å². The highest BCUT2D eigenvalue weighted by molar-refractivity contribution is 6.16. The van der Waals surface area contributed by atoms with Crippen LogP contribution in [-0.4, -0.2) is 13.4 Å². The minimum Gasteiger partial charge on any atom is -0.456 e. The smallest absolute Gasteiger partial charge is 0.135 e. The molecule has 2 radical (unpaired) electrons. The van der Waals surface area contributed by atoms with Crippen molar-refractivity contribution in [1.29, 1.82) is 0 Å². The number of hydrogen-bond donors (Lipinski definition) is 0. The monoisotopic (exact) mass is 492 g/mol. The lowest BCUT2D eigenvalue weighted by Crippen LogP contribution is -2.39. The topological polar surface area (TPSA) is 18.5 Å². The Balaban J connectivity index is 1.53. The molecule has 0 bridgehead atoms. The molecule has 0 spiro atoms. The largest absolute Gasteiger partial charge is 0.456 e. The summed E-state index contributed by atoms with van der Waals surface area (Å²) in [6.07, 6.45) is 15.9. The quantitative estimate of drug-likeness (QED) is 0.194. The Morgan fingerprint density at radius 2 is 1.41 bits per heavy atom. The number of ether oxygens (including phenoxy) is 2. The standard InChI is InChI=1S/C34H41BO2/c1-25-15-11-9-7-5-4-6-8-10-12-22-33(2,3)37-34(35,24-25)27-20-21-30-29(23-27)28-18-13-16-26-17-14-19-31(36-30)32(26)28/h13-14,16-21,23-24H,4-12,15,22H2,1-3H3/b25-24-.